The molecule has 0 N–H and O–H groups in total. The van der Waals surface area contributed by atoms with Crippen LogP contribution >= 0.6 is 0 Å². The van der Waals surface area contributed by atoms with Crippen molar-refractivity contribution < 1.29 is 19.1 Å². The van der Waals surface area contributed by atoms with E-state index >= 15 is 0 Å². The van der Waals surface area contributed by atoms with Crippen LogP contribution in [0.1, 0.15) is 99.8 Å². The standard InChI is InChI=1S/C29H40O4/c1-9-12-22-13-15-23(16-14-22)28(31)33-26-19(4)17-24(29(7,8)10-2)18-25(26)20(5)21(6)27(30)32-11-3/h13-18,20-21H,9-12H2,1-8H3. The van der Waals surface area contributed by atoms with Crippen LogP contribution in [0, 0.1) is 12.8 Å². The molecular weight excluding hydrogens is 412 g/mol. The lowest BCUT2D eigenvalue weighted by atomic mass is 9.78. The minimum Gasteiger partial charge on any atom is -0.466 e. The minimum absolute atomic E-state index is 0.0377. The fraction of sp³-hybridized carbons (Fsp3) is 0.517. The number of carbonyl (C=O) groups is 2. The third kappa shape index (κ3) is 6.46. The van der Waals surface area contributed by atoms with Gasteiger partial charge >= 0.3 is 11.9 Å². The fourth-order valence-electron chi connectivity index (χ4n) is 3.87. The summed E-state index contributed by atoms with van der Waals surface area (Å²) < 4.78 is 11.3. The monoisotopic (exact) mass is 452 g/mol. The lowest BCUT2D eigenvalue weighted by Gasteiger charge is -2.28. The summed E-state index contributed by atoms with van der Waals surface area (Å²) >= 11 is 0. The van der Waals surface area contributed by atoms with Crippen molar-refractivity contribution in [2.75, 3.05) is 6.61 Å². The highest BCUT2D eigenvalue weighted by Gasteiger charge is 2.29. The second-order valence-corrected chi connectivity index (χ2v) is 9.61. The Balaban J connectivity index is 2.49. The van der Waals surface area contributed by atoms with Gasteiger partial charge in [0.25, 0.3) is 0 Å². The summed E-state index contributed by atoms with van der Waals surface area (Å²) in [5.74, 6) is -0.635. The molecule has 2 atom stereocenters. The third-order valence-electron chi connectivity index (χ3n) is 6.79. The molecular formula is C29H40O4. The molecule has 0 amide bonds. The molecule has 0 aliphatic carbocycles. The summed E-state index contributed by atoms with van der Waals surface area (Å²) in [4.78, 5) is 25.5. The van der Waals surface area contributed by atoms with Gasteiger partial charge in [-0.1, -0.05) is 72.2 Å². The maximum absolute atomic E-state index is 13.0. The SMILES string of the molecule is CCCc1ccc(C(=O)Oc2c(C)cc(C(C)(C)CC)cc2C(C)C(C)C(=O)OCC)cc1. The maximum Gasteiger partial charge on any atom is 0.343 e. The summed E-state index contributed by atoms with van der Waals surface area (Å²) in [7, 11) is 0. The number of aryl methyl sites for hydroxylation is 2. The van der Waals surface area contributed by atoms with Gasteiger partial charge in [-0.2, -0.15) is 0 Å². The Labute approximate surface area is 199 Å². The smallest absolute Gasteiger partial charge is 0.343 e. The Morgan fingerprint density at radius 3 is 2.18 bits per heavy atom. The quantitative estimate of drug-likeness (QED) is 0.283. The maximum atomic E-state index is 13.0. The Bertz CT molecular complexity index is 956. The average Bonchev–Trinajstić information content (AvgIpc) is 2.79. The highest BCUT2D eigenvalue weighted by atomic mass is 16.5. The predicted octanol–water partition coefficient (Wildman–Crippen LogP) is 7.16. The van der Waals surface area contributed by atoms with Gasteiger partial charge in [0.15, 0.2) is 0 Å². The van der Waals surface area contributed by atoms with Gasteiger partial charge in [0.1, 0.15) is 5.75 Å². The Kier molecular flexibility index (Phi) is 9.27. The van der Waals surface area contributed by atoms with Crippen molar-refractivity contribution in [2.45, 2.75) is 86.0 Å². The Morgan fingerprint density at radius 1 is 1.00 bits per heavy atom. The molecule has 0 fully saturated rings. The number of ether oxygens (including phenoxy) is 2. The van der Waals surface area contributed by atoms with Crippen molar-refractivity contribution >= 4 is 11.9 Å². The number of rotatable bonds is 10. The van der Waals surface area contributed by atoms with Gasteiger partial charge in [-0.25, -0.2) is 4.79 Å². The van der Waals surface area contributed by atoms with Gasteiger partial charge in [-0.05, 0) is 72.4 Å². The summed E-state index contributed by atoms with van der Waals surface area (Å²) in [5.41, 5.74) is 4.61. The summed E-state index contributed by atoms with van der Waals surface area (Å²) in [6, 6.07) is 11.8. The number of hydrogen-bond acceptors (Lipinski definition) is 4. The van der Waals surface area contributed by atoms with Gasteiger partial charge in [-0.3, -0.25) is 4.79 Å². The zero-order chi connectivity index (χ0) is 24.8. The first kappa shape index (κ1) is 26.6. The van der Waals surface area contributed by atoms with E-state index in [0.717, 1.165) is 30.4 Å². The zero-order valence-electron chi connectivity index (χ0n) is 21.6. The van der Waals surface area contributed by atoms with E-state index in [1.807, 2.05) is 52.0 Å². The van der Waals surface area contributed by atoms with E-state index in [-0.39, 0.29) is 29.2 Å². The van der Waals surface area contributed by atoms with Crippen LogP contribution in [0.25, 0.3) is 0 Å². The van der Waals surface area contributed by atoms with E-state index < -0.39 is 0 Å². The van der Waals surface area contributed by atoms with Crippen LogP contribution < -0.4 is 4.74 Å². The number of benzene rings is 2. The first-order valence-electron chi connectivity index (χ1n) is 12.2. The molecule has 2 unspecified atom stereocenters. The topological polar surface area (TPSA) is 52.6 Å². The highest BCUT2D eigenvalue weighted by molar-refractivity contribution is 5.91. The molecule has 4 nitrogen and oxygen atoms in total. The molecule has 180 valence electrons. The van der Waals surface area contributed by atoms with E-state index in [0.29, 0.717) is 17.9 Å². The van der Waals surface area contributed by atoms with Crippen LogP contribution in [0.3, 0.4) is 0 Å². The van der Waals surface area contributed by atoms with E-state index in [1.54, 1.807) is 0 Å². The summed E-state index contributed by atoms with van der Waals surface area (Å²) in [6.07, 6.45) is 3.01. The molecule has 0 radical (unpaired) electrons. The molecule has 2 aromatic rings. The molecule has 0 aliphatic rings. The van der Waals surface area contributed by atoms with Crippen molar-refractivity contribution in [2.24, 2.45) is 5.92 Å². The van der Waals surface area contributed by atoms with E-state index in [4.69, 9.17) is 9.47 Å². The first-order chi connectivity index (χ1) is 15.5. The van der Waals surface area contributed by atoms with Crippen molar-refractivity contribution in [1.82, 2.24) is 0 Å². The first-order valence-corrected chi connectivity index (χ1v) is 12.2. The normalized spacial score (nSPS) is 13.3. The minimum atomic E-state index is -0.388. The predicted molar refractivity (Wildman–Crippen MR) is 134 cm³/mol. The van der Waals surface area contributed by atoms with Crippen LogP contribution in [0.15, 0.2) is 36.4 Å². The molecule has 0 aromatic heterocycles. The van der Waals surface area contributed by atoms with E-state index in [2.05, 4.69) is 39.8 Å². The van der Waals surface area contributed by atoms with Crippen LogP contribution in [0.5, 0.6) is 5.75 Å². The molecule has 0 saturated heterocycles. The van der Waals surface area contributed by atoms with Gasteiger partial charge in [0.05, 0.1) is 18.1 Å². The van der Waals surface area contributed by atoms with Crippen molar-refractivity contribution in [3.05, 3.63) is 64.2 Å². The lowest BCUT2D eigenvalue weighted by molar-refractivity contribution is -0.148. The van der Waals surface area contributed by atoms with Gasteiger partial charge in [0, 0.05) is 0 Å². The highest BCUT2D eigenvalue weighted by Crippen LogP contribution is 2.39. The Hall–Kier alpha value is -2.62. The van der Waals surface area contributed by atoms with E-state index in [9.17, 15) is 9.59 Å². The lowest BCUT2D eigenvalue weighted by Crippen LogP contribution is -2.23. The molecule has 0 aliphatic heterocycles. The zero-order valence-corrected chi connectivity index (χ0v) is 21.6. The molecule has 33 heavy (non-hydrogen) atoms. The van der Waals surface area contributed by atoms with Crippen LogP contribution in [-0.4, -0.2) is 18.5 Å². The molecule has 0 saturated carbocycles. The number of hydrogen-bond donors (Lipinski definition) is 0. The molecule has 4 heteroatoms. The van der Waals surface area contributed by atoms with Gasteiger partial charge < -0.3 is 9.47 Å². The van der Waals surface area contributed by atoms with Crippen molar-refractivity contribution in [3.63, 3.8) is 0 Å². The van der Waals surface area contributed by atoms with Crippen LogP contribution in [0.4, 0.5) is 0 Å². The fourth-order valence-corrected chi connectivity index (χ4v) is 3.87. The average molecular weight is 453 g/mol. The van der Waals surface area contributed by atoms with Gasteiger partial charge in [0.2, 0.25) is 0 Å². The van der Waals surface area contributed by atoms with Crippen molar-refractivity contribution in [1.29, 1.82) is 0 Å². The molecule has 2 rings (SSSR count). The third-order valence-corrected chi connectivity index (χ3v) is 6.79. The van der Waals surface area contributed by atoms with Crippen LogP contribution in [0.2, 0.25) is 0 Å². The van der Waals surface area contributed by atoms with Crippen LogP contribution in [-0.2, 0) is 21.4 Å². The van der Waals surface area contributed by atoms with Gasteiger partial charge in [-0.15, -0.1) is 0 Å². The molecule has 2 aromatic carbocycles. The molecule has 0 heterocycles. The summed E-state index contributed by atoms with van der Waals surface area (Å²) in [6.45, 7) is 16.7. The largest absolute Gasteiger partial charge is 0.466 e. The Morgan fingerprint density at radius 2 is 1.64 bits per heavy atom. The summed E-state index contributed by atoms with van der Waals surface area (Å²) in [5, 5.41) is 0. The van der Waals surface area contributed by atoms with E-state index in [1.165, 1.54) is 11.1 Å². The number of esters is 2. The second kappa shape index (κ2) is 11.5. The molecule has 0 bridgehead atoms. The van der Waals surface area contributed by atoms with Crippen molar-refractivity contribution in [3.8, 4) is 5.75 Å². The second-order valence-electron chi connectivity index (χ2n) is 9.61. The number of carbonyl (C=O) groups excluding carboxylic acids is 2. The molecule has 0 spiro atoms.